The Hall–Kier alpha value is -0.570. The van der Waals surface area contributed by atoms with Gasteiger partial charge in [-0.2, -0.15) is 0 Å². The van der Waals surface area contributed by atoms with Gasteiger partial charge in [0.25, 0.3) is 0 Å². The van der Waals surface area contributed by atoms with Crippen molar-refractivity contribution in [3.63, 3.8) is 0 Å². The lowest BCUT2D eigenvalue weighted by molar-refractivity contribution is -0.125. The SMILES string of the molecule is CC(CCCN)C(=O)NCC1CCCCC1C. The lowest BCUT2D eigenvalue weighted by atomic mass is 9.80. The summed E-state index contributed by atoms with van der Waals surface area (Å²) in [5, 5.41) is 3.11. The third-order valence-electron chi connectivity index (χ3n) is 4.12. The van der Waals surface area contributed by atoms with Gasteiger partial charge in [0.2, 0.25) is 5.91 Å². The smallest absolute Gasteiger partial charge is 0.222 e. The molecule has 0 aromatic heterocycles. The fourth-order valence-corrected chi connectivity index (χ4v) is 2.66. The first-order valence-corrected chi connectivity index (χ1v) is 7.13. The number of carbonyl (C=O) groups excluding carboxylic acids is 1. The van der Waals surface area contributed by atoms with E-state index in [2.05, 4.69) is 12.2 Å². The Kier molecular flexibility index (Phi) is 6.56. The number of nitrogens with two attached hydrogens (primary N) is 1. The van der Waals surface area contributed by atoms with Gasteiger partial charge >= 0.3 is 0 Å². The van der Waals surface area contributed by atoms with Crippen LogP contribution in [0.4, 0.5) is 0 Å². The maximum atomic E-state index is 11.8. The van der Waals surface area contributed by atoms with Gasteiger partial charge in [-0.3, -0.25) is 4.79 Å². The maximum absolute atomic E-state index is 11.8. The summed E-state index contributed by atoms with van der Waals surface area (Å²) in [6.07, 6.45) is 7.13. The molecule has 1 aliphatic rings. The lowest BCUT2D eigenvalue weighted by Gasteiger charge is -2.29. The van der Waals surface area contributed by atoms with Crippen molar-refractivity contribution in [2.45, 2.75) is 52.4 Å². The summed E-state index contributed by atoms with van der Waals surface area (Å²) in [4.78, 5) is 11.8. The minimum absolute atomic E-state index is 0.109. The molecule has 100 valence electrons. The van der Waals surface area contributed by atoms with E-state index in [0.717, 1.165) is 25.3 Å². The number of hydrogen-bond donors (Lipinski definition) is 2. The van der Waals surface area contributed by atoms with Gasteiger partial charge in [-0.1, -0.05) is 33.1 Å². The molecule has 0 radical (unpaired) electrons. The van der Waals surface area contributed by atoms with Crippen LogP contribution in [-0.4, -0.2) is 19.0 Å². The third kappa shape index (κ3) is 5.07. The molecule has 3 heteroatoms. The second-order valence-electron chi connectivity index (χ2n) is 5.60. The van der Waals surface area contributed by atoms with Crippen LogP contribution >= 0.6 is 0 Å². The highest BCUT2D eigenvalue weighted by Gasteiger charge is 2.22. The topological polar surface area (TPSA) is 55.1 Å². The van der Waals surface area contributed by atoms with E-state index >= 15 is 0 Å². The molecule has 3 atom stereocenters. The molecule has 1 aliphatic carbocycles. The number of nitrogens with one attached hydrogen (secondary N) is 1. The van der Waals surface area contributed by atoms with Gasteiger partial charge in [-0.25, -0.2) is 0 Å². The standard InChI is InChI=1S/C14H28N2O/c1-11-6-3-4-8-13(11)10-16-14(17)12(2)7-5-9-15/h11-13H,3-10,15H2,1-2H3,(H,16,17). The Balaban J connectivity index is 2.22. The molecule has 17 heavy (non-hydrogen) atoms. The Labute approximate surface area is 106 Å². The van der Waals surface area contributed by atoms with E-state index in [4.69, 9.17) is 5.73 Å². The Bertz CT molecular complexity index is 230. The molecule has 0 saturated heterocycles. The van der Waals surface area contributed by atoms with Crippen molar-refractivity contribution in [2.75, 3.05) is 13.1 Å². The molecule has 1 fully saturated rings. The van der Waals surface area contributed by atoms with Crippen molar-refractivity contribution in [1.29, 1.82) is 0 Å². The molecule has 0 spiro atoms. The number of amides is 1. The van der Waals surface area contributed by atoms with Crippen molar-refractivity contribution >= 4 is 5.91 Å². The lowest BCUT2D eigenvalue weighted by Crippen LogP contribution is -2.36. The van der Waals surface area contributed by atoms with Gasteiger partial charge in [0, 0.05) is 12.5 Å². The predicted molar refractivity (Wildman–Crippen MR) is 71.6 cm³/mol. The minimum Gasteiger partial charge on any atom is -0.356 e. The van der Waals surface area contributed by atoms with Crippen molar-refractivity contribution in [2.24, 2.45) is 23.5 Å². The second-order valence-corrected chi connectivity index (χ2v) is 5.60. The monoisotopic (exact) mass is 240 g/mol. The molecule has 3 unspecified atom stereocenters. The summed E-state index contributed by atoms with van der Waals surface area (Å²) < 4.78 is 0. The summed E-state index contributed by atoms with van der Waals surface area (Å²) in [6, 6.07) is 0. The van der Waals surface area contributed by atoms with Crippen LogP contribution in [0.5, 0.6) is 0 Å². The predicted octanol–water partition coefficient (Wildman–Crippen LogP) is 2.30. The highest BCUT2D eigenvalue weighted by Crippen LogP contribution is 2.28. The molecule has 0 heterocycles. The zero-order valence-electron chi connectivity index (χ0n) is 11.4. The van der Waals surface area contributed by atoms with E-state index in [1.807, 2.05) is 6.92 Å². The van der Waals surface area contributed by atoms with Crippen molar-refractivity contribution in [3.05, 3.63) is 0 Å². The highest BCUT2D eigenvalue weighted by atomic mass is 16.1. The van der Waals surface area contributed by atoms with Crippen molar-refractivity contribution in [3.8, 4) is 0 Å². The summed E-state index contributed by atoms with van der Waals surface area (Å²) in [7, 11) is 0. The van der Waals surface area contributed by atoms with E-state index in [1.54, 1.807) is 0 Å². The van der Waals surface area contributed by atoms with Crippen molar-refractivity contribution < 1.29 is 4.79 Å². The van der Waals surface area contributed by atoms with Crippen LogP contribution in [0.2, 0.25) is 0 Å². The van der Waals surface area contributed by atoms with Gasteiger partial charge in [-0.05, 0) is 37.6 Å². The largest absolute Gasteiger partial charge is 0.356 e. The summed E-state index contributed by atoms with van der Waals surface area (Å²) >= 11 is 0. The number of hydrogen-bond acceptors (Lipinski definition) is 2. The second kappa shape index (κ2) is 7.70. The molecule has 3 nitrogen and oxygen atoms in total. The van der Waals surface area contributed by atoms with Crippen LogP contribution in [0.3, 0.4) is 0 Å². The minimum atomic E-state index is 0.109. The molecule has 0 aromatic rings. The molecule has 1 rings (SSSR count). The van der Waals surface area contributed by atoms with Gasteiger partial charge in [0.05, 0.1) is 0 Å². The zero-order valence-corrected chi connectivity index (χ0v) is 11.4. The summed E-state index contributed by atoms with van der Waals surface area (Å²) in [5.41, 5.74) is 5.45. The summed E-state index contributed by atoms with van der Waals surface area (Å²) in [6.45, 7) is 5.85. The van der Waals surface area contributed by atoms with Crippen LogP contribution in [-0.2, 0) is 4.79 Å². The maximum Gasteiger partial charge on any atom is 0.222 e. The Morgan fingerprint density at radius 3 is 2.76 bits per heavy atom. The van der Waals surface area contributed by atoms with Crippen LogP contribution in [0.25, 0.3) is 0 Å². The zero-order chi connectivity index (χ0) is 12.7. The van der Waals surface area contributed by atoms with E-state index in [0.29, 0.717) is 12.5 Å². The third-order valence-corrected chi connectivity index (χ3v) is 4.12. The van der Waals surface area contributed by atoms with Gasteiger partial charge in [-0.15, -0.1) is 0 Å². The average Bonchev–Trinajstić information content (AvgIpc) is 2.34. The van der Waals surface area contributed by atoms with Gasteiger partial charge in [0.1, 0.15) is 0 Å². The Morgan fingerprint density at radius 2 is 2.12 bits per heavy atom. The quantitative estimate of drug-likeness (QED) is 0.748. The molecule has 0 bridgehead atoms. The number of carbonyl (C=O) groups is 1. The normalized spacial score (nSPS) is 26.5. The van der Waals surface area contributed by atoms with E-state index in [-0.39, 0.29) is 11.8 Å². The fourth-order valence-electron chi connectivity index (χ4n) is 2.66. The van der Waals surface area contributed by atoms with E-state index in [1.165, 1.54) is 25.7 Å². The first-order chi connectivity index (χ1) is 8.15. The van der Waals surface area contributed by atoms with Crippen LogP contribution in [0.15, 0.2) is 0 Å². The van der Waals surface area contributed by atoms with Gasteiger partial charge in [0.15, 0.2) is 0 Å². The molecular weight excluding hydrogens is 212 g/mol. The molecule has 1 amide bonds. The van der Waals surface area contributed by atoms with E-state index < -0.39 is 0 Å². The molecule has 0 aromatic carbocycles. The Morgan fingerprint density at radius 1 is 1.41 bits per heavy atom. The number of rotatable bonds is 6. The summed E-state index contributed by atoms with van der Waals surface area (Å²) in [5.74, 6) is 1.77. The molecule has 1 saturated carbocycles. The van der Waals surface area contributed by atoms with Crippen molar-refractivity contribution in [1.82, 2.24) is 5.32 Å². The molecule has 3 N–H and O–H groups in total. The first kappa shape index (κ1) is 14.5. The van der Waals surface area contributed by atoms with Gasteiger partial charge < -0.3 is 11.1 Å². The van der Waals surface area contributed by atoms with Crippen LogP contribution < -0.4 is 11.1 Å². The first-order valence-electron chi connectivity index (χ1n) is 7.13. The molecule has 0 aliphatic heterocycles. The fraction of sp³-hybridized carbons (Fsp3) is 0.929. The highest BCUT2D eigenvalue weighted by molar-refractivity contribution is 5.78. The van der Waals surface area contributed by atoms with E-state index in [9.17, 15) is 4.79 Å². The van der Waals surface area contributed by atoms with Crippen LogP contribution in [0, 0.1) is 17.8 Å². The molecular formula is C14H28N2O. The average molecular weight is 240 g/mol. The van der Waals surface area contributed by atoms with Crippen LogP contribution in [0.1, 0.15) is 52.4 Å².